The van der Waals surface area contributed by atoms with Crippen molar-refractivity contribution in [2.24, 2.45) is 5.84 Å². The van der Waals surface area contributed by atoms with Crippen LogP contribution in [-0.4, -0.2) is 18.5 Å². The molecule has 0 aromatic heterocycles. The van der Waals surface area contributed by atoms with Gasteiger partial charge in [0.25, 0.3) is 0 Å². The van der Waals surface area contributed by atoms with E-state index in [4.69, 9.17) is 5.84 Å². The van der Waals surface area contributed by atoms with E-state index in [1.807, 2.05) is 20.9 Å². The topological polar surface area (TPSA) is 67.2 Å². The third-order valence-electron chi connectivity index (χ3n) is 1.44. The van der Waals surface area contributed by atoms with Crippen LogP contribution in [0.3, 0.4) is 0 Å². The highest BCUT2D eigenvalue weighted by Crippen LogP contribution is 2.05. The predicted octanol–water partition coefficient (Wildman–Crippen LogP) is -0.636. The van der Waals surface area contributed by atoms with Crippen LogP contribution in [0, 0.1) is 0 Å². The van der Waals surface area contributed by atoms with E-state index in [1.165, 1.54) is 0 Å². The molecule has 60 valence electrons. The summed E-state index contributed by atoms with van der Waals surface area (Å²) in [6, 6.07) is 0. The molecular weight excluding hydrogens is 130 g/mol. The number of carbonyl (C=O) groups is 1. The molecule has 0 heterocycles. The van der Waals surface area contributed by atoms with Crippen molar-refractivity contribution in [3.63, 3.8) is 0 Å². The average molecular weight is 145 g/mol. The van der Waals surface area contributed by atoms with Gasteiger partial charge in [-0.15, -0.1) is 0 Å². The van der Waals surface area contributed by atoms with Crippen LogP contribution in [0.15, 0.2) is 0 Å². The molecule has 0 spiro atoms. The zero-order valence-corrected chi connectivity index (χ0v) is 6.69. The molecule has 0 aliphatic rings. The van der Waals surface area contributed by atoms with Gasteiger partial charge in [0.05, 0.1) is 0 Å². The van der Waals surface area contributed by atoms with Gasteiger partial charge in [0, 0.05) is 12.0 Å². The lowest BCUT2D eigenvalue weighted by Crippen LogP contribution is -2.43. The van der Waals surface area contributed by atoms with Gasteiger partial charge in [-0.2, -0.15) is 0 Å². The van der Waals surface area contributed by atoms with Crippen molar-refractivity contribution in [3.8, 4) is 0 Å². The molecule has 0 fully saturated rings. The van der Waals surface area contributed by atoms with Crippen LogP contribution >= 0.6 is 0 Å². The minimum Gasteiger partial charge on any atom is -0.314 e. The van der Waals surface area contributed by atoms with Gasteiger partial charge in [-0.1, -0.05) is 0 Å². The number of nitrogens with one attached hydrogen (secondary N) is 2. The summed E-state index contributed by atoms with van der Waals surface area (Å²) in [4.78, 5) is 10.7. The normalized spacial score (nSPS) is 11.2. The van der Waals surface area contributed by atoms with Gasteiger partial charge in [0.15, 0.2) is 0 Å². The van der Waals surface area contributed by atoms with Crippen molar-refractivity contribution in [2.45, 2.75) is 25.8 Å². The maximum atomic E-state index is 10.7. The van der Waals surface area contributed by atoms with Crippen molar-refractivity contribution < 1.29 is 4.79 Å². The van der Waals surface area contributed by atoms with Gasteiger partial charge in [-0.25, -0.2) is 5.84 Å². The van der Waals surface area contributed by atoms with Gasteiger partial charge < -0.3 is 5.32 Å². The van der Waals surface area contributed by atoms with Crippen LogP contribution in [0.1, 0.15) is 20.3 Å². The second-order valence-corrected chi connectivity index (χ2v) is 2.88. The smallest absolute Gasteiger partial charge is 0.235 e. The molecule has 0 atom stereocenters. The van der Waals surface area contributed by atoms with Crippen molar-refractivity contribution in [1.29, 1.82) is 0 Å². The van der Waals surface area contributed by atoms with Crippen LogP contribution in [0.2, 0.25) is 0 Å². The van der Waals surface area contributed by atoms with Crippen LogP contribution in [0.4, 0.5) is 0 Å². The molecule has 0 aliphatic carbocycles. The Morgan fingerprint density at radius 2 is 2.10 bits per heavy atom. The van der Waals surface area contributed by atoms with Crippen molar-refractivity contribution in [3.05, 3.63) is 0 Å². The Bertz CT molecular complexity index is 122. The average Bonchev–Trinajstić information content (AvgIpc) is 1.87. The summed E-state index contributed by atoms with van der Waals surface area (Å²) in [5.41, 5.74) is 1.90. The summed E-state index contributed by atoms with van der Waals surface area (Å²) in [5.74, 6) is 4.75. The molecule has 10 heavy (non-hydrogen) atoms. The number of hydrogen-bond acceptors (Lipinski definition) is 3. The highest BCUT2D eigenvalue weighted by molar-refractivity contribution is 5.76. The summed E-state index contributed by atoms with van der Waals surface area (Å²) in [5, 5.41) is 2.99. The van der Waals surface area contributed by atoms with Gasteiger partial charge in [0.2, 0.25) is 5.91 Å². The Morgan fingerprint density at radius 1 is 1.60 bits per heavy atom. The predicted molar refractivity (Wildman–Crippen MR) is 40.1 cm³/mol. The van der Waals surface area contributed by atoms with E-state index in [0.29, 0.717) is 6.42 Å². The number of hydrazine groups is 1. The lowest BCUT2D eigenvalue weighted by molar-refractivity contribution is -0.122. The van der Waals surface area contributed by atoms with Crippen LogP contribution in [0.5, 0.6) is 0 Å². The molecule has 1 amide bonds. The van der Waals surface area contributed by atoms with E-state index in [9.17, 15) is 4.79 Å². The van der Waals surface area contributed by atoms with Crippen LogP contribution in [0.25, 0.3) is 0 Å². The third-order valence-corrected chi connectivity index (χ3v) is 1.44. The Hall–Kier alpha value is -0.610. The number of carbonyl (C=O) groups excluding carboxylic acids is 1. The summed E-state index contributed by atoms with van der Waals surface area (Å²) in [7, 11) is 1.81. The Labute approximate surface area is 61.1 Å². The first-order valence-corrected chi connectivity index (χ1v) is 3.20. The first kappa shape index (κ1) is 9.39. The fourth-order valence-electron chi connectivity index (χ4n) is 0.541. The molecule has 0 rings (SSSR count). The number of rotatable bonds is 3. The zero-order valence-electron chi connectivity index (χ0n) is 6.69. The largest absolute Gasteiger partial charge is 0.314 e. The Kier molecular flexibility index (Phi) is 3.32. The molecule has 4 heteroatoms. The molecule has 0 aromatic rings. The number of hydrogen-bond donors (Lipinski definition) is 3. The van der Waals surface area contributed by atoms with Gasteiger partial charge in [-0.3, -0.25) is 10.2 Å². The zero-order chi connectivity index (χ0) is 8.20. The van der Waals surface area contributed by atoms with E-state index in [1.54, 1.807) is 0 Å². The van der Waals surface area contributed by atoms with Crippen molar-refractivity contribution in [1.82, 2.24) is 10.7 Å². The summed E-state index contributed by atoms with van der Waals surface area (Å²) in [6.45, 7) is 3.87. The van der Waals surface area contributed by atoms with Gasteiger partial charge in [0.1, 0.15) is 0 Å². The minimum atomic E-state index is -0.177. The van der Waals surface area contributed by atoms with E-state index in [-0.39, 0.29) is 11.4 Å². The summed E-state index contributed by atoms with van der Waals surface area (Å²) < 4.78 is 0. The summed E-state index contributed by atoms with van der Waals surface area (Å²) in [6.07, 6.45) is 0.389. The second kappa shape index (κ2) is 3.53. The third kappa shape index (κ3) is 3.42. The molecular formula is C6H15N3O. The molecule has 0 saturated heterocycles. The molecule has 0 saturated carbocycles. The minimum absolute atomic E-state index is 0.153. The Balaban J connectivity index is 3.76. The van der Waals surface area contributed by atoms with E-state index in [2.05, 4.69) is 10.7 Å². The monoisotopic (exact) mass is 145 g/mol. The van der Waals surface area contributed by atoms with Crippen LogP contribution in [-0.2, 0) is 4.79 Å². The fraction of sp³-hybridized carbons (Fsp3) is 0.833. The molecule has 4 nitrogen and oxygen atoms in total. The lowest BCUT2D eigenvalue weighted by atomic mass is 10.0. The van der Waals surface area contributed by atoms with E-state index >= 15 is 0 Å². The maximum absolute atomic E-state index is 10.7. The lowest BCUT2D eigenvalue weighted by Gasteiger charge is -2.22. The second-order valence-electron chi connectivity index (χ2n) is 2.88. The maximum Gasteiger partial charge on any atom is 0.235 e. The molecule has 0 bridgehead atoms. The molecule has 0 aromatic carbocycles. The van der Waals surface area contributed by atoms with E-state index < -0.39 is 0 Å². The molecule has 0 unspecified atom stereocenters. The first-order chi connectivity index (χ1) is 4.52. The number of nitrogens with two attached hydrogens (primary N) is 1. The van der Waals surface area contributed by atoms with Gasteiger partial charge >= 0.3 is 0 Å². The van der Waals surface area contributed by atoms with E-state index in [0.717, 1.165) is 0 Å². The molecule has 4 N–H and O–H groups in total. The quantitative estimate of drug-likeness (QED) is 0.281. The first-order valence-electron chi connectivity index (χ1n) is 3.20. The van der Waals surface area contributed by atoms with Crippen LogP contribution < -0.4 is 16.6 Å². The highest BCUT2D eigenvalue weighted by Gasteiger charge is 2.18. The van der Waals surface area contributed by atoms with Gasteiger partial charge in [-0.05, 0) is 20.9 Å². The van der Waals surface area contributed by atoms with Crippen molar-refractivity contribution in [2.75, 3.05) is 7.05 Å². The summed E-state index contributed by atoms with van der Waals surface area (Å²) >= 11 is 0. The fourth-order valence-corrected chi connectivity index (χ4v) is 0.541. The molecule has 0 radical (unpaired) electrons. The number of amides is 1. The Morgan fingerprint density at radius 3 is 2.40 bits per heavy atom. The standard InChI is InChI=1S/C6H15N3O/c1-6(2,8-3)4-5(10)9-7/h8H,4,7H2,1-3H3,(H,9,10). The highest BCUT2D eigenvalue weighted by atomic mass is 16.2. The van der Waals surface area contributed by atoms with Crippen molar-refractivity contribution >= 4 is 5.91 Å². The SMILES string of the molecule is CNC(C)(C)CC(=O)NN. The molecule has 0 aliphatic heterocycles.